The van der Waals surface area contributed by atoms with E-state index in [1.807, 2.05) is 22.6 Å². The summed E-state index contributed by atoms with van der Waals surface area (Å²) in [6, 6.07) is 4.38. The van der Waals surface area contributed by atoms with Gasteiger partial charge in [0, 0.05) is 9.32 Å². The Morgan fingerprint density at radius 2 is 2.11 bits per heavy atom. The van der Waals surface area contributed by atoms with Crippen molar-refractivity contribution in [2.45, 2.75) is 9.79 Å². The average Bonchev–Trinajstić information content (AvgIpc) is 2.35. The predicted molar refractivity (Wildman–Crippen MR) is 72.0 cm³/mol. The molecule has 1 rings (SSSR count). The smallest absolute Gasteiger partial charge is 0.691 e. The largest absolute Gasteiger partial charge is 1.00 e. The molecule has 0 atom stereocenters. The van der Waals surface area contributed by atoms with Gasteiger partial charge < -0.3 is 9.99 Å². The van der Waals surface area contributed by atoms with Crippen molar-refractivity contribution < 1.29 is 57.3 Å². The van der Waals surface area contributed by atoms with Gasteiger partial charge in [-0.05, 0) is 18.2 Å². The van der Waals surface area contributed by atoms with E-state index in [0.29, 0.717) is 21.4 Å². The van der Waals surface area contributed by atoms with Crippen molar-refractivity contribution in [1.29, 1.82) is 0 Å². The van der Waals surface area contributed by atoms with Crippen molar-refractivity contribution in [3.63, 3.8) is 0 Å². The molecule has 1 aromatic rings. The molecule has 0 heterocycles. The van der Waals surface area contributed by atoms with Crippen LogP contribution in [0.2, 0.25) is 0 Å². The summed E-state index contributed by atoms with van der Waals surface area (Å²) in [5.74, 6) is 0.246. The van der Waals surface area contributed by atoms with Crippen molar-refractivity contribution in [2.24, 2.45) is 0 Å². The van der Waals surface area contributed by atoms with Gasteiger partial charge in [0.15, 0.2) is 9.84 Å². The number of hydrogen-bond acceptors (Lipinski definition) is 7. The Morgan fingerprint density at radius 1 is 1.42 bits per heavy atom. The van der Waals surface area contributed by atoms with Crippen LogP contribution in [-0.4, -0.2) is 25.7 Å². The molecule has 6 nitrogen and oxygen atoms in total. The van der Waals surface area contributed by atoms with Crippen LogP contribution in [0.25, 0.3) is 0 Å². The standard InChI is InChI=1S/C9H11IO6S2.Na/c1-14-8-6-7(17-16-15-11)2-3-9(8)18(12,13)5-4-10;/h2-3,6,11H,4-5H2,1H3;/q;+1/p-1. The molecule has 19 heavy (non-hydrogen) atoms. The van der Waals surface area contributed by atoms with Crippen LogP contribution in [0, 0.1) is 0 Å². The van der Waals surface area contributed by atoms with Crippen LogP contribution in [-0.2, 0) is 19.2 Å². The molecule has 0 fully saturated rings. The zero-order valence-electron chi connectivity index (χ0n) is 10.3. The maximum Gasteiger partial charge on any atom is 1.00 e. The number of methoxy groups -OCH3 is 1. The predicted octanol–water partition coefficient (Wildman–Crippen LogP) is -1.86. The van der Waals surface area contributed by atoms with E-state index in [1.54, 1.807) is 0 Å². The molecule has 1 aromatic carbocycles. The number of hydrogen-bond donors (Lipinski definition) is 0. The molecule has 0 saturated heterocycles. The molecule has 0 unspecified atom stereocenters. The van der Waals surface area contributed by atoms with E-state index in [9.17, 15) is 13.7 Å². The fraction of sp³-hybridized carbons (Fsp3) is 0.333. The third-order valence-electron chi connectivity index (χ3n) is 1.97. The number of sulfone groups is 1. The molecule has 0 aromatic heterocycles. The van der Waals surface area contributed by atoms with E-state index in [-0.39, 0.29) is 46.0 Å². The molecule has 0 aliphatic carbocycles. The van der Waals surface area contributed by atoms with Gasteiger partial charge in [0.2, 0.25) is 0 Å². The second-order valence-electron chi connectivity index (χ2n) is 3.04. The Kier molecular flexibility index (Phi) is 10.3. The molecule has 0 amide bonds. The molecule has 10 heteroatoms. The summed E-state index contributed by atoms with van der Waals surface area (Å²) in [7, 11) is -1.99. The number of halogens is 1. The minimum absolute atomic E-state index is 0. The summed E-state index contributed by atoms with van der Waals surface area (Å²) in [5, 5.41) is 12.9. The number of alkyl halides is 1. The molecule has 0 radical (unpaired) electrons. The molecule has 0 aliphatic heterocycles. The third kappa shape index (κ3) is 6.06. The second kappa shape index (κ2) is 9.79. The van der Waals surface area contributed by atoms with Gasteiger partial charge in [-0.1, -0.05) is 22.6 Å². The first-order valence-corrected chi connectivity index (χ1v) is 8.57. The normalized spacial score (nSPS) is 10.9. The number of ether oxygens (including phenoxy) is 1. The summed E-state index contributed by atoms with van der Waals surface area (Å²) in [6.07, 6.45) is 0. The van der Waals surface area contributed by atoms with Crippen LogP contribution >= 0.6 is 34.6 Å². The number of benzene rings is 1. The Labute approximate surface area is 151 Å². The Bertz CT molecular complexity index is 495. The van der Waals surface area contributed by atoms with Crippen molar-refractivity contribution in [3.8, 4) is 5.75 Å². The van der Waals surface area contributed by atoms with Gasteiger partial charge in [0.25, 0.3) is 0 Å². The number of rotatable bonds is 7. The molecule has 0 N–H and O–H groups in total. The maximum absolute atomic E-state index is 11.9. The van der Waals surface area contributed by atoms with Crippen LogP contribution in [0.15, 0.2) is 28.0 Å². The van der Waals surface area contributed by atoms with Crippen LogP contribution in [0.4, 0.5) is 0 Å². The minimum Gasteiger partial charge on any atom is -0.691 e. The van der Waals surface area contributed by atoms with Crippen molar-refractivity contribution in [2.75, 3.05) is 17.3 Å². The Balaban J connectivity index is 0.00000324. The SMILES string of the molecule is COc1cc(SOO[O-])ccc1S(=O)(=O)CCI.[Na+]. The first-order chi connectivity index (χ1) is 8.55. The topological polar surface area (TPSA) is 84.9 Å². The molecular weight excluding hydrogens is 418 g/mol. The quantitative estimate of drug-likeness (QED) is 0.126. The molecule has 102 valence electrons. The van der Waals surface area contributed by atoms with Gasteiger partial charge in [-0.3, -0.25) is 5.04 Å². The summed E-state index contributed by atoms with van der Waals surface area (Å²) >= 11 is 2.66. The van der Waals surface area contributed by atoms with Gasteiger partial charge in [-0.15, -0.1) is 0 Å². The molecular formula is C9H10INaO6S2. The zero-order valence-corrected chi connectivity index (χ0v) is 16.1. The fourth-order valence-corrected chi connectivity index (χ4v) is 4.49. The summed E-state index contributed by atoms with van der Waals surface area (Å²) in [5.41, 5.74) is 0. The van der Waals surface area contributed by atoms with E-state index in [0.717, 1.165) is 0 Å². The summed E-state index contributed by atoms with van der Waals surface area (Å²) in [6.45, 7) is 0. The van der Waals surface area contributed by atoms with Crippen LogP contribution in [0.5, 0.6) is 5.75 Å². The summed E-state index contributed by atoms with van der Waals surface area (Å²) < 4.78 is 33.5. The van der Waals surface area contributed by atoms with E-state index >= 15 is 0 Å². The van der Waals surface area contributed by atoms with E-state index < -0.39 is 9.84 Å². The van der Waals surface area contributed by atoms with Gasteiger partial charge in [-0.2, -0.15) is 4.33 Å². The van der Waals surface area contributed by atoms with Crippen LogP contribution in [0.1, 0.15) is 0 Å². The van der Waals surface area contributed by atoms with Crippen molar-refractivity contribution in [3.05, 3.63) is 18.2 Å². The van der Waals surface area contributed by atoms with Gasteiger partial charge in [0.05, 0.1) is 24.9 Å². The first kappa shape index (κ1) is 19.9. The Morgan fingerprint density at radius 3 is 2.63 bits per heavy atom. The first-order valence-electron chi connectivity index (χ1n) is 4.65. The summed E-state index contributed by atoms with van der Waals surface area (Å²) in [4.78, 5) is 0.616. The van der Waals surface area contributed by atoms with E-state index in [2.05, 4.69) is 9.37 Å². The monoisotopic (exact) mass is 428 g/mol. The van der Waals surface area contributed by atoms with Gasteiger partial charge >= 0.3 is 29.6 Å². The third-order valence-corrected chi connectivity index (χ3v) is 5.56. The van der Waals surface area contributed by atoms with Crippen LogP contribution < -0.4 is 39.6 Å². The van der Waals surface area contributed by atoms with Crippen LogP contribution in [0.3, 0.4) is 0 Å². The fourth-order valence-electron chi connectivity index (χ4n) is 1.22. The second-order valence-corrected chi connectivity index (χ2v) is 6.97. The van der Waals surface area contributed by atoms with Crippen molar-refractivity contribution >= 4 is 44.5 Å². The zero-order chi connectivity index (χ0) is 13.6. The van der Waals surface area contributed by atoms with Gasteiger partial charge in [-0.25, -0.2) is 8.42 Å². The van der Waals surface area contributed by atoms with E-state index in [1.165, 1.54) is 25.3 Å². The molecule has 0 bridgehead atoms. The average molecular weight is 428 g/mol. The Hall–Kier alpha value is 0.930. The molecule has 0 spiro atoms. The molecule has 0 saturated carbocycles. The van der Waals surface area contributed by atoms with Crippen molar-refractivity contribution in [1.82, 2.24) is 0 Å². The van der Waals surface area contributed by atoms with E-state index in [4.69, 9.17) is 4.74 Å². The minimum atomic E-state index is -3.37. The van der Waals surface area contributed by atoms with Gasteiger partial charge in [0.1, 0.15) is 10.6 Å². The molecule has 0 aliphatic rings. The maximum atomic E-state index is 11.9.